The van der Waals surface area contributed by atoms with Gasteiger partial charge in [0.1, 0.15) is 0 Å². The second-order valence-corrected chi connectivity index (χ2v) is 7.37. The van der Waals surface area contributed by atoms with Crippen molar-refractivity contribution >= 4 is 11.6 Å². The van der Waals surface area contributed by atoms with Crippen LogP contribution < -0.4 is 5.32 Å². The van der Waals surface area contributed by atoms with E-state index in [1.807, 2.05) is 32.9 Å². The van der Waals surface area contributed by atoms with Crippen molar-refractivity contribution in [1.29, 1.82) is 0 Å². The van der Waals surface area contributed by atoms with Gasteiger partial charge in [0, 0.05) is 24.2 Å². The van der Waals surface area contributed by atoms with Crippen molar-refractivity contribution in [3.63, 3.8) is 0 Å². The molecule has 1 aromatic carbocycles. The first-order chi connectivity index (χ1) is 10.4. The van der Waals surface area contributed by atoms with Crippen LogP contribution in [0.15, 0.2) is 24.3 Å². The summed E-state index contributed by atoms with van der Waals surface area (Å²) in [7, 11) is 0. The molecule has 22 heavy (non-hydrogen) atoms. The highest BCUT2D eigenvalue weighted by Crippen LogP contribution is 2.23. The fourth-order valence-electron chi connectivity index (χ4n) is 2.84. The minimum Gasteiger partial charge on any atom is -0.326 e. The van der Waals surface area contributed by atoms with E-state index >= 15 is 0 Å². The maximum Gasteiger partial charge on any atom is 0.230 e. The number of piperidine rings is 1. The summed E-state index contributed by atoms with van der Waals surface area (Å²) in [5, 5.41) is 3.02. The average Bonchev–Trinajstić information content (AvgIpc) is 2.49. The zero-order valence-corrected chi connectivity index (χ0v) is 14.5. The number of rotatable bonds is 5. The summed E-state index contributed by atoms with van der Waals surface area (Å²) in [6.45, 7) is 11.8. The van der Waals surface area contributed by atoms with Crippen molar-refractivity contribution in [2.24, 2.45) is 11.3 Å². The number of carbonyl (C=O) groups excluding carboxylic acids is 1. The van der Waals surface area contributed by atoms with E-state index in [1.54, 1.807) is 0 Å². The van der Waals surface area contributed by atoms with Crippen LogP contribution in [0.4, 0.5) is 5.69 Å². The summed E-state index contributed by atoms with van der Waals surface area (Å²) < 4.78 is 0. The van der Waals surface area contributed by atoms with Gasteiger partial charge >= 0.3 is 0 Å². The summed E-state index contributed by atoms with van der Waals surface area (Å²) in [6.07, 6.45) is 3.50. The molecule has 1 aliphatic rings. The van der Waals surface area contributed by atoms with E-state index < -0.39 is 0 Å². The molecule has 1 heterocycles. The Morgan fingerprint density at radius 1 is 1.32 bits per heavy atom. The molecule has 0 saturated carbocycles. The number of likely N-dealkylation sites (tertiary alicyclic amines) is 1. The molecule has 0 aliphatic carbocycles. The zero-order valence-electron chi connectivity index (χ0n) is 14.5. The summed E-state index contributed by atoms with van der Waals surface area (Å²) in [5.74, 6) is 0.899. The van der Waals surface area contributed by atoms with Crippen LogP contribution in [0.3, 0.4) is 0 Å². The van der Waals surface area contributed by atoms with Gasteiger partial charge in [0.05, 0.1) is 0 Å². The smallest absolute Gasteiger partial charge is 0.230 e. The van der Waals surface area contributed by atoms with E-state index in [0.29, 0.717) is 0 Å². The van der Waals surface area contributed by atoms with Crippen LogP contribution in [0.25, 0.3) is 0 Å². The number of hydrogen-bond acceptors (Lipinski definition) is 2. The van der Waals surface area contributed by atoms with Crippen LogP contribution in [-0.4, -0.2) is 23.9 Å². The van der Waals surface area contributed by atoms with Crippen molar-refractivity contribution in [2.75, 3.05) is 18.4 Å². The molecule has 0 spiro atoms. The van der Waals surface area contributed by atoms with Gasteiger partial charge in [-0.1, -0.05) is 39.8 Å². The van der Waals surface area contributed by atoms with Gasteiger partial charge in [-0.25, -0.2) is 0 Å². The molecule has 0 aromatic heterocycles. The van der Waals surface area contributed by atoms with Gasteiger partial charge < -0.3 is 5.32 Å². The van der Waals surface area contributed by atoms with Crippen molar-refractivity contribution in [3.8, 4) is 0 Å². The monoisotopic (exact) mass is 302 g/mol. The fourth-order valence-corrected chi connectivity index (χ4v) is 2.84. The maximum absolute atomic E-state index is 12.2. The minimum atomic E-state index is -0.317. The molecule has 3 heteroatoms. The number of amides is 1. The first kappa shape index (κ1) is 17.0. The predicted octanol–water partition coefficient (Wildman–Crippen LogP) is 4.29. The summed E-state index contributed by atoms with van der Waals surface area (Å²) >= 11 is 0. The Morgan fingerprint density at radius 3 is 2.59 bits per heavy atom. The number of nitrogens with one attached hydrogen (secondary N) is 1. The molecule has 1 N–H and O–H groups in total. The maximum atomic E-state index is 12.2. The topological polar surface area (TPSA) is 32.3 Å². The van der Waals surface area contributed by atoms with Gasteiger partial charge in [0.2, 0.25) is 5.91 Å². The Bertz CT molecular complexity index is 493. The molecule has 1 amide bonds. The second kappa shape index (κ2) is 7.28. The van der Waals surface area contributed by atoms with Gasteiger partial charge in [0.25, 0.3) is 0 Å². The Morgan fingerprint density at radius 2 is 2.00 bits per heavy atom. The van der Waals surface area contributed by atoms with Gasteiger partial charge in [-0.15, -0.1) is 0 Å². The molecular formula is C19H30N2O. The molecular weight excluding hydrogens is 272 g/mol. The Balaban J connectivity index is 1.91. The van der Waals surface area contributed by atoms with E-state index in [1.165, 1.54) is 31.5 Å². The van der Waals surface area contributed by atoms with Crippen molar-refractivity contribution in [3.05, 3.63) is 29.8 Å². The van der Waals surface area contributed by atoms with Crippen LogP contribution >= 0.6 is 0 Å². The highest BCUT2D eigenvalue weighted by molar-refractivity contribution is 5.94. The lowest BCUT2D eigenvalue weighted by atomic mass is 9.89. The fraction of sp³-hybridized carbons (Fsp3) is 0.632. The summed E-state index contributed by atoms with van der Waals surface area (Å²) in [5.41, 5.74) is 1.90. The molecule has 1 aromatic rings. The van der Waals surface area contributed by atoms with Crippen LogP contribution in [0.1, 0.15) is 52.5 Å². The number of hydrogen-bond donors (Lipinski definition) is 1. The van der Waals surface area contributed by atoms with Crippen LogP contribution in [-0.2, 0) is 11.3 Å². The molecule has 0 bridgehead atoms. The number of carbonyl (C=O) groups is 1. The lowest BCUT2D eigenvalue weighted by molar-refractivity contribution is -0.124. The van der Waals surface area contributed by atoms with Crippen molar-refractivity contribution in [2.45, 2.75) is 53.5 Å². The number of anilines is 1. The van der Waals surface area contributed by atoms with E-state index in [2.05, 4.69) is 29.3 Å². The minimum absolute atomic E-state index is 0.0904. The lowest BCUT2D eigenvalue weighted by Crippen LogP contribution is -2.33. The highest BCUT2D eigenvalue weighted by atomic mass is 16.2. The normalized spacial score (nSPS) is 19.9. The Labute approximate surface area is 135 Å². The standard InChI is InChI=1S/C19H30N2O/c1-5-19(3,4)18(22)20-17-10-8-16(9-11-17)14-21-12-6-7-15(2)13-21/h8-11,15H,5-7,12-14H2,1-4H3,(H,20,22). The summed E-state index contributed by atoms with van der Waals surface area (Å²) in [6, 6.07) is 8.31. The SMILES string of the molecule is CCC(C)(C)C(=O)Nc1ccc(CN2CCCC(C)C2)cc1. The summed E-state index contributed by atoms with van der Waals surface area (Å²) in [4.78, 5) is 14.7. The second-order valence-electron chi connectivity index (χ2n) is 7.37. The van der Waals surface area contributed by atoms with Crippen LogP contribution in [0.5, 0.6) is 0 Å². The lowest BCUT2D eigenvalue weighted by Gasteiger charge is -2.30. The van der Waals surface area contributed by atoms with E-state index in [9.17, 15) is 4.79 Å². The third-order valence-electron chi connectivity index (χ3n) is 4.86. The molecule has 1 saturated heterocycles. The van der Waals surface area contributed by atoms with E-state index in [0.717, 1.165) is 24.6 Å². The average molecular weight is 302 g/mol. The largest absolute Gasteiger partial charge is 0.326 e. The highest BCUT2D eigenvalue weighted by Gasteiger charge is 2.25. The Hall–Kier alpha value is -1.35. The molecule has 1 atom stereocenters. The molecule has 0 radical (unpaired) electrons. The molecule has 1 unspecified atom stereocenters. The van der Waals surface area contributed by atoms with Crippen LogP contribution in [0, 0.1) is 11.3 Å². The van der Waals surface area contributed by atoms with Crippen LogP contribution in [0.2, 0.25) is 0 Å². The third kappa shape index (κ3) is 4.57. The van der Waals surface area contributed by atoms with Gasteiger partial charge in [-0.05, 0) is 49.4 Å². The third-order valence-corrected chi connectivity index (χ3v) is 4.86. The molecule has 2 rings (SSSR count). The molecule has 3 nitrogen and oxygen atoms in total. The van der Waals surface area contributed by atoms with Gasteiger partial charge in [-0.2, -0.15) is 0 Å². The molecule has 1 aliphatic heterocycles. The first-order valence-corrected chi connectivity index (χ1v) is 8.53. The zero-order chi connectivity index (χ0) is 16.2. The number of benzene rings is 1. The number of nitrogens with zero attached hydrogens (tertiary/aromatic N) is 1. The van der Waals surface area contributed by atoms with E-state index in [4.69, 9.17) is 0 Å². The quantitative estimate of drug-likeness (QED) is 0.880. The first-order valence-electron chi connectivity index (χ1n) is 8.53. The molecule has 1 fully saturated rings. The predicted molar refractivity (Wildman–Crippen MR) is 92.8 cm³/mol. The van der Waals surface area contributed by atoms with Gasteiger partial charge in [0.15, 0.2) is 0 Å². The Kier molecular flexibility index (Phi) is 5.63. The van der Waals surface area contributed by atoms with Crippen molar-refractivity contribution < 1.29 is 4.79 Å². The van der Waals surface area contributed by atoms with Gasteiger partial charge in [-0.3, -0.25) is 9.69 Å². The van der Waals surface area contributed by atoms with Crippen molar-refractivity contribution in [1.82, 2.24) is 4.90 Å². The van der Waals surface area contributed by atoms with E-state index in [-0.39, 0.29) is 11.3 Å². The molecule has 122 valence electrons.